The highest BCUT2D eigenvalue weighted by atomic mass is 16.2. The lowest BCUT2D eigenvalue weighted by Crippen LogP contribution is -2.60. The number of carbonyl (C=O) groups excluding carboxylic acids is 2. The Morgan fingerprint density at radius 3 is 2.30 bits per heavy atom. The van der Waals surface area contributed by atoms with Crippen LogP contribution in [0.4, 0.5) is 0 Å². The first-order valence-electron chi connectivity index (χ1n) is 10.1. The van der Waals surface area contributed by atoms with E-state index in [1.807, 2.05) is 26.8 Å². The van der Waals surface area contributed by atoms with Crippen molar-refractivity contribution in [3.63, 3.8) is 0 Å². The summed E-state index contributed by atoms with van der Waals surface area (Å²) in [5.41, 5.74) is 5.96. The molecule has 0 saturated carbocycles. The van der Waals surface area contributed by atoms with Crippen molar-refractivity contribution in [3.05, 3.63) is 35.9 Å². The van der Waals surface area contributed by atoms with Gasteiger partial charge in [-0.1, -0.05) is 44.2 Å². The molecule has 27 heavy (non-hydrogen) atoms. The van der Waals surface area contributed by atoms with Crippen molar-refractivity contribution in [1.82, 2.24) is 10.2 Å². The van der Waals surface area contributed by atoms with Crippen molar-refractivity contribution < 1.29 is 9.59 Å². The molecule has 0 bridgehead atoms. The first-order chi connectivity index (χ1) is 12.7. The van der Waals surface area contributed by atoms with E-state index in [4.69, 9.17) is 5.73 Å². The minimum absolute atomic E-state index is 0.113. The Hall–Kier alpha value is -1.88. The zero-order chi connectivity index (χ0) is 20.0. The van der Waals surface area contributed by atoms with E-state index in [0.29, 0.717) is 12.3 Å². The summed E-state index contributed by atoms with van der Waals surface area (Å²) in [5, 5.41) is 2.92. The van der Waals surface area contributed by atoms with Crippen molar-refractivity contribution in [1.29, 1.82) is 0 Å². The van der Waals surface area contributed by atoms with Crippen molar-refractivity contribution in [2.75, 3.05) is 13.1 Å². The Labute approximate surface area is 163 Å². The third-order valence-corrected chi connectivity index (χ3v) is 5.70. The van der Waals surface area contributed by atoms with E-state index in [0.717, 1.165) is 32.4 Å². The maximum atomic E-state index is 12.8. The molecule has 2 unspecified atom stereocenters. The van der Waals surface area contributed by atoms with E-state index in [2.05, 4.69) is 34.5 Å². The lowest BCUT2D eigenvalue weighted by atomic mass is 9.88. The molecule has 0 aliphatic carbocycles. The minimum atomic E-state index is -0.995. The van der Waals surface area contributed by atoms with E-state index in [1.54, 1.807) is 6.92 Å². The number of rotatable bonds is 8. The second-order valence-electron chi connectivity index (χ2n) is 8.63. The predicted octanol–water partition coefficient (Wildman–Crippen LogP) is 2.74. The smallest absolute Gasteiger partial charge is 0.242 e. The number of nitrogens with zero attached hydrogens (tertiary/aromatic N) is 1. The summed E-state index contributed by atoms with van der Waals surface area (Å²) in [6.45, 7) is 9.51. The number of hydrogen-bond acceptors (Lipinski definition) is 3. The van der Waals surface area contributed by atoms with Crippen LogP contribution in [0.2, 0.25) is 0 Å². The molecule has 1 saturated heterocycles. The van der Waals surface area contributed by atoms with Crippen LogP contribution in [0.3, 0.4) is 0 Å². The molecule has 3 N–H and O–H groups in total. The summed E-state index contributed by atoms with van der Waals surface area (Å²) in [6.07, 6.45) is 3.82. The highest BCUT2D eigenvalue weighted by Gasteiger charge is 2.36. The Morgan fingerprint density at radius 1 is 1.19 bits per heavy atom. The number of likely N-dealkylation sites (tertiary alicyclic amines) is 1. The van der Waals surface area contributed by atoms with Gasteiger partial charge in [0.2, 0.25) is 11.8 Å². The second-order valence-corrected chi connectivity index (χ2v) is 8.63. The molecule has 0 aromatic heterocycles. The average Bonchev–Trinajstić information content (AvgIpc) is 2.61. The SMILES string of the molecule is CC(C)CC(C)(NC(=O)C(C)N1CCC(Cc2ccccc2)CC1)C(N)=O. The van der Waals surface area contributed by atoms with Gasteiger partial charge < -0.3 is 11.1 Å². The average molecular weight is 374 g/mol. The summed E-state index contributed by atoms with van der Waals surface area (Å²) in [6, 6.07) is 10.3. The van der Waals surface area contributed by atoms with Crippen LogP contribution in [0.1, 0.15) is 52.5 Å². The molecule has 1 aromatic carbocycles. The highest BCUT2D eigenvalue weighted by Crippen LogP contribution is 2.23. The molecule has 1 aliphatic rings. The molecule has 5 nitrogen and oxygen atoms in total. The van der Waals surface area contributed by atoms with E-state index < -0.39 is 11.4 Å². The largest absolute Gasteiger partial charge is 0.368 e. The number of benzene rings is 1. The van der Waals surface area contributed by atoms with Gasteiger partial charge in [0.25, 0.3) is 0 Å². The van der Waals surface area contributed by atoms with Gasteiger partial charge in [-0.05, 0) is 70.0 Å². The summed E-state index contributed by atoms with van der Waals surface area (Å²) < 4.78 is 0. The van der Waals surface area contributed by atoms with Crippen LogP contribution < -0.4 is 11.1 Å². The van der Waals surface area contributed by atoms with Crippen LogP contribution in [0.5, 0.6) is 0 Å². The van der Waals surface area contributed by atoms with Gasteiger partial charge >= 0.3 is 0 Å². The van der Waals surface area contributed by atoms with Gasteiger partial charge in [0.15, 0.2) is 0 Å². The molecular formula is C22H35N3O2. The van der Waals surface area contributed by atoms with Gasteiger partial charge in [-0.15, -0.1) is 0 Å². The van der Waals surface area contributed by atoms with E-state index in [9.17, 15) is 9.59 Å². The number of primary amides is 1. The molecule has 1 heterocycles. The first-order valence-corrected chi connectivity index (χ1v) is 10.1. The predicted molar refractivity (Wildman–Crippen MR) is 109 cm³/mol. The number of carbonyl (C=O) groups is 2. The van der Waals surface area contributed by atoms with Crippen molar-refractivity contribution in [2.24, 2.45) is 17.6 Å². The van der Waals surface area contributed by atoms with E-state index in [-0.39, 0.29) is 17.9 Å². The molecule has 2 atom stereocenters. The second kappa shape index (κ2) is 9.36. The number of amides is 2. The molecule has 1 aromatic rings. The Morgan fingerprint density at radius 2 is 1.78 bits per heavy atom. The molecule has 2 amide bonds. The van der Waals surface area contributed by atoms with Crippen molar-refractivity contribution in [3.8, 4) is 0 Å². The van der Waals surface area contributed by atoms with Crippen LogP contribution >= 0.6 is 0 Å². The number of nitrogens with one attached hydrogen (secondary N) is 1. The van der Waals surface area contributed by atoms with Crippen LogP contribution in [-0.2, 0) is 16.0 Å². The normalized spacial score (nSPS) is 19.4. The highest BCUT2D eigenvalue weighted by molar-refractivity contribution is 5.91. The molecule has 1 aliphatic heterocycles. The minimum Gasteiger partial charge on any atom is -0.368 e. The van der Waals surface area contributed by atoms with Gasteiger partial charge in [0.05, 0.1) is 6.04 Å². The van der Waals surface area contributed by atoms with Crippen LogP contribution in [0.15, 0.2) is 30.3 Å². The van der Waals surface area contributed by atoms with Gasteiger partial charge in [-0.3, -0.25) is 14.5 Å². The van der Waals surface area contributed by atoms with E-state index >= 15 is 0 Å². The van der Waals surface area contributed by atoms with Crippen LogP contribution in [-0.4, -0.2) is 41.4 Å². The summed E-state index contributed by atoms with van der Waals surface area (Å²) in [7, 11) is 0. The zero-order valence-corrected chi connectivity index (χ0v) is 17.2. The molecule has 1 fully saturated rings. The van der Waals surface area contributed by atoms with Crippen LogP contribution in [0, 0.1) is 11.8 Å². The number of nitrogens with two attached hydrogens (primary N) is 1. The lowest BCUT2D eigenvalue weighted by molar-refractivity contribution is -0.134. The van der Waals surface area contributed by atoms with Crippen molar-refractivity contribution >= 4 is 11.8 Å². The summed E-state index contributed by atoms with van der Waals surface area (Å²) >= 11 is 0. The monoisotopic (exact) mass is 373 g/mol. The summed E-state index contributed by atoms with van der Waals surface area (Å²) in [5.74, 6) is 0.347. The van der Waals surface area contributed by atoms with Gasteiger partial charge in [-0.25, -0.2) is 0 Å². The zero-order valence-electron chi connectivity index (χ0n) is 17.2. The summed E-state index contributed by atoms with van der Waals surface area (Å²) in [4.78, 5) is 26.9. The fourth-order valence-electron chi connectivity index (χ4n) is 4.06. The van der Waals surface area contributed by atoms with Gasteiger partial charge in [-0.2, -0.15) is 0 Å². The number of piperidine rings is 1. The molecule has 150 valence electrons. The molecule has 0 radical (unpaired) electrons. The fourth-order valence-corrected chi connectivity index (χ4v) is 4.06. The first kappa shape index (κ1) is 21.4. The van der Waals surface area contributed by atoms with Crippen LogP contribution in [0.25, 0.3) is 0 Å². The van der Waals surface area contributed by atoms with Crippen molar-refractivity contribution in [2.45, 2.75) is 65.0 Å². The van der Waals surface area contributed by atoms with E-state index in [1.165, 1.54) is 5.56 Å². The van der Waals surface area contributed by atoms with Gasteiger partial charge in [0.1, 0.15) is 5.54 Å². The molecular weight excluding hydrogens is 338 g/mol. The third kappa shape index (κ3) is 6.06. The quantitative estimate of drug-likeness (QED) is 0.736. The topological polar surface area (TPSA) is 75.4 Å². The standard InChI is InChI=1S/C22H35N3O2/c1-16(2)15-22(4,21(23)27)24-20(26)17(3)25-12-10-19(11-13-25)14-18-8-6-5-7-9-18/h5-9,16-17,19H,10-15H2,1-4H3,(H2,23,27)(H,24,26). The Balaban J connectivity index is 1.87. The van der Waals surface area contributed by atoms with Gasteiger partial charge in [0, 0.05) is 0 Å². The number of hydrogen-bond donors (Lipinski definition) is 2. The molecule has 0 spiro atoms. The molecule has 5 heteroatoms. The fraction of sp³-hybridized carbons (Fsp3) is 0.636. The molecule has 2 rings (SSSR count). The Bertz CT molecular complexity index is 624. The maximum Gasteiger partial charge on any atom is 0.242 e. The Kier molecular flexibility index (Phi) is 7.42. The third-order valence-electron chi connectivity index (χ3n) is 5.70. The maximum absolute atomic E-state index is 12.8. The lowest BCUT2D eigenvalue weighted by Gasteiger charge is -2.37.